The van der Waals surface area contributed by atoms with Gasteiger partial charge in [0.25, 0.3) is 5.91 Å². The third kappa shape index (κ3) is 8.16. The molecule has 1 aromatic heterocycles. The zero-order chi connectivity index (χ0) is 41.9. The van der Waals surface area contributed by atoms with E-state index in [9.17, 15) is 32.0 Å². The highest BCUT2D eigenvalue weighted by Crippen LogP contribution is 2.46. The highest BCUT2D eigenvalue weighted by Gasteiger charge is 2.62. The Labute approximate surface area is 343 Å². The number of aromatic nitrogens is 1. The summed E-state index contributed by atoms with van der Waals surface area (Å²) in [5.41, 5.74) is -0.769. The minimum Gasteiger partial charge on any atom is -0.496 e. The predicted octanol–water partition coefficient (Wildman–Crippen LogP) is 5.20. The number of aryl methyl sites for hydroxylation is 1. The lowest BCUT2D eigenvalue weighted by molar-refractivity contribution is -0.142. The Morgan fingerprint density at radius 2 is 1.83 bits per heavy atom. The van der Waals surface area contributed by atoms with Crippen LogP contribution in [-0.4, -0.2) is 91.4 Å². The lowest BCUT2D eigenvalue weighted by atomic mass is 9.87. The second-order valence-electron chi connectivity index (χ2n) is 17.7. The van der Waals surface area contributed by atoms with Crippen molar-refractivity contribution in [1.29, 1.82) is 0 Å². The molecule has 5 aliphatic rings. The third-order valence-corrected chi connectivity index (χ3v) is 14.6. The zero-order valence-electron chi connectivity index (χ0n) is 33.7. The Bertz CT molecular complexity index is 2330. The first-order valence-electron chi connectivity index (χ1n) is 20.6. The topological polar surface area (TPSA) is 182 Å². The number of pyridine rings is 1. The van der Waals surface area contributed by atoms with Crippen LogP contribution in [0.25, 0.3) is 21.7 Å². The summed E-state index contributed by atoms with van der Waals surface area (Å²) < 4.78 is 60.8. The van der Waals surface area contributed by atoms with Crippen molar-refractivity contribution in [3.05, 3.63) is 54.4 Å². The number of alkyl carbamates (subject to hydrolysis) is 1. The predicted molar refractivity (Wildman–Crippen MR) is 217 cm³/mol. The Kier molecular flexibility index (Phi) is 10.8. The molecule has 59 heavy (non-hydrogen) atoms. The number of nitrogens with zero attached hydrogens (tertiary/aromatic N) is 2. The van der Waals surface area contributed by atoms with E-state index in [1.807, 2.05) is 26.0 Å². The van der Waals surface area contributed by atoms with E-state index in [0.29, 0.717) is 60.6 Å². The number of methoxy groups -OCH3 is 1. The number of ether oxygens (including phenoxy) is 3. The van der Waals surface area contributed by atoms with E-state index >= 15 is 0 Å². The van der Waals surface area contributed by atoms with Crippen LogP contribution in [0.2, 0.25) is 0 Å². The fourth-order valence-corrected chi connectivity index (χ4v) is 10.5. The van der Waals surface area contributed by atoms with Crippen LogP contribution in [0.15, 0.2) is 43.0 Å². The highest BCUT2D eigenvalue weighted by atomic mass is 32.2. The maximum absolute atomic E-state index is 14.9. The van der Waals surface area contributed by atoms with Crippen LogP contribution in [0.5, 0.6) is 11.6 Å². The maximum atomic E-state index is 14.9. The number of sulfonamides is 1. The number of fused-ring (bicyclic) bond motifs is 5. The van der Waals surface area contributed by atoms with Gasteiger partial charge in [-0.1, -0.05) is 32.8 Å². The zero-order valence-corrected chi connectivity index (χ0v) is 34.5. The van der Waals surface area contributed by atoms with E-state index in [1.165, 1.54) is 23.1 Å². The molecule has 1 saturated heterocycles. The lowest BCUT2D eigenvalue weighted by Gasteiger charge is -2.32. The van der Waals surface area contributed by atoms with Gasteiger partial charge in [0.15, 0.2) is 0 Å². The average molecular weight is 834 g/mol. The first kappa shape index (κ1) is 40.8. The van der Waals surface area contributed by atoms with Crippen molar-refractivity contribution in [2.75, 3.05) is 20.3 Å². The maximum Gasteiger partial charge on any atom is 0.407 e. The summed E-state index contributed by atoms with van der Waals surface area (Å²) in [5, 5.41) is 7.07. The number of halogens is 1. The van der Waals surface area contributed by atoms with E-state index in [0.717, 1.165) is 30.2 Å². The number of hydrogen-bond donors (Lipinski definition) is 3. The van der Waals surface area contributed by atoms with Crippen LogP contribution in [0.1, 0.15) is 83.6 Å². The van der Waals surface area contributed by atoms with Gasteiger partial charge in [0.1, 0.15) is 35.3 Å². The van der Waals surface area contributed by atoms with Crippen molar-refractivity contribution < 1.29 is 46.2 Å². The molecular weight excluding hydrogens is 782 g/mol. The SMILES string of the molecule is C=C[C@@H]1C[C@]1(NC(=O)[C@@H]1C[C@@H]2CN1C(=O)[C@H](C1CCCC1)NC(=O)OCC(C)(C)CCCc1cc3c(nc4cc(F)ccc4c3cc1OC)O2)C(=O)NS(=O)(=O)C1CC1. The van der Waals surface area contributed by atoms with Crippen molar-refractivity contribution in [3.8, 4) is 11.6 Å². The lowest BCUT2D eigenvalue weighted by Crippen LogP contribution is -2.59. The van der Waals surface area contributed by atoms with Crippen LogP contribution in [0.4, 0.5) is 9.18 Å². The van der Waals surface area contributed by atoms with Gasteiger partial charge in [-0.15, -0.1) is 6.58 Å². The Hall–Kier alpha value is -4.99. The minimum atomic E-state index is -3.93. The van der Waals surface area contributed by atoms with Gasteiger partial charge >= 0.3 is 6.09 Å². The molecule has 0 unspecified atom stereocenters. The monoisotopic (exact) mass is 833 g/mol. The summed E-state index contributed by atoms with van der Waals surface area (Å²) in [6.45, 7) is 7.84. The minimum absolute atomic E-state index is 0.0300. The van der Waals surface area contributed by atoms with Crippen LogP contribution in [-0.2, 0) is 35.6 Å². The molecule has 4 amide bonds. The van der Waals surface area contributed by atoms with E-state index in [-0.39, 0.29) is 37.8 Å². The van der Waals surface area contributed by atoms with Gasteiger partial charge in [0.2, 0.25) is 27.7 Å². The first-order chi connectivity index (χ1) is 28.1. The van der Waals surface area contributed by atoms with Gasteiger partial charge in [-0.05, 0) is 92.5 Å². The molecule has 3 saturated carbocycles. The third-order valence-electron chi connectivity index (χ3n) is 12.8. The summed E-state index contributed by atoms with van der Waals surface area (Å²) in [4.78, 5) is 62.7. The summed E-state index contributed by atoms with van der Waals surface area (Å²) in [6.07, 6.45) is 6.09. The first-order valence-corrected chi connectivity index (χ1v) is 22.2. The molecule has 3 aliphatic carbocycles. The highest BCUT2D eigenvalue weighted by molar-refractivity contribution is 7.91. The smallest absolute Gasteiger partial charge is 0.407 e. The largest absolute Gasteiger partial charge is 0.496 e. The molecule has 8 rings (SSSR count). The summed E-state index contributed by atoms with van der Waals surface area (Å²) in [7, 11) is -2.34. The molecule has 316 valence electrons. The van der Waals surface area contributed by atoms with Gasteiger partial charge in [-0.25, -0.2) is 22.6 Å². The van der Waals surface area contributed by atoms with Gasteiger partial charge in [0, 0.05) is 34.6 Å². The van der Waals surface area contributed by atoms with Crippen LogP contribution >= 0.6 is 0 Å². The molecule has 3 aromatic rings. The van der Waals surface area contributed by atoms with Gasteiger partial charge in [-0.2, -0.15) is 0 Å². The second kappa shape index (κ2) is 15.6. The van der Waals surface area contributed by atoms with Gasteiger partial charge in [0.05, 0.1) is 31.0 Å². The summed E-state index contributed by atoms with van der Waals surface area (Å²) in [5.74, 6) is -2.47. The number of carbonyl (C=O) groups excluding carboxylic acids is 4. The molecule has 0 spiro atoms. The number of benzene rings is 2. The number of amides is 4. The quantitative estimate of drug-likeness (QED) is 0.202. The summed E-state index contributed by atoms with van der Waals surface area (Å²) in [6, 6.07) is 5.99. The Morgan fingerprint density at radius 3 is 2.53 bits per heavy atom. The van der Waals surface area contributed by atoms with Crippen molar-refractivity contribution in [1.82, 2.24) is 25.2 Å². The number of rotatable bonds is 8. The molecule has 4 bridgehead atoms. The molecule has 0 radical (unpaired) electrons. The molecule has 14 nitrogen and oxygen atoms in total. The van der Waals surface area contributed by atoms with Crippen LogP contribution < -0.4 is 24.8 Å². The van der Waals surface area contributed by atoms with E-state index < -0.39 is 80.0 Å². The fourth-order valence-electron chi connectivity index (χ4n) is 9.16. The van der Waals surface area contributed by atoms with E-state index in [2.05, 4.69) is 21.9 Å². The van der Waals surface area contributed by atoms with Gasteiger partial charge in [-0.3, -0.25) is 19.1 Å². The number of nitrogens with one attached hydrogen (secondary N) is 3. The molecule has 2 aliphatic heterocycles. The van der Waals surface area contributed by atoms with Crippen molar-refractivity contribution >= 4 is 55.5 Å². The van der Waals surface area contributed by atoms with E-state index in [4.69, 9.17) is 19.2 Å². The van der Waals surface area contributed by atoms with Gasteiger partial charge < -0.3 is 29.7 Å². The molecule has 16 heteroatoms. The standard InChI is InChI=1S/C43H52FN5O9S/c1-5-26-21-43(26,40(52)48-59(54,55)29-13-14-29)47-37(50)34-19-28-22-49(34)39(51)36(24-9-6-7-10-24)46-41(53)57-23-42(2,3)16-8-11-25-17-32-31(20-35(25)56-4)30-15-12-27(44)18-33(30)45-38(32)58-28/h5,12,15,17-18,20,24,26,28-29,34,36H,1,6-11,13-14,16,19,21-23H2,2-4H3,(H,46,53)(H,47,50)(H,48,52)/t26-,28-,34+,36+,43-/m1/s1. The Balaban J connectivity index is 1.19. The molecule has 3 N–H and O–H groups in total. The van der Waals surface area contributed by atoms with Crippen molar-refractivity contribution in [3.63, 3.8) is 0 Å². The Morgan fingerprint density at radius 1 is 1.07 bits per heavy atom. The second-order valence-corrected chi connectivity index (χ2v) is 19.7. The number of carbonyl (C=O) groups is 4. The molecule has 2 aromatic carbocycles. The van der Waals surface area contributed by atoms with Crippen LogP contribution in [0, 0.1) is 23.1 Å². The molecular formula is C43H52FN5O9S. The summed E-state index contributed by atoms with van der Waals surface area (Å²) >= 11 is 0. The number of hydrogen-bond acceptors (Lipinski definition) is 10. The number of cyclic esters (lactones) is 1. The normalized spacial score (nSPS) is 27.6. The fraction of sp³-hybridized carbons (Fsp3) is 0.558. The molecule has 4 fully saturated rings. The average Bonchev–Trinajstić information content (AvgIpc) is 4.07. The molecule has 3 heterocycles. The van der Waals surface area contributed by atoms with Crippen molar-refractivity contribution in [2.24, 2.45) is 17.3 Å². The van der Waals surface area contributed by atoms with E-state index in [1.54, 1.807) is 13.2 Å². The van der Waals surface area contributed by atoms with Crippen molar-refractivity contribution in [2.45, 2.75) is 113 Å². The van der Waals surface area contributed by atoms with Crippen LogP contribution in [0.3, 0.4) is 0 Å². The molecule has 5 atom stereocenters.